The van der Waals surface area contributed by atoms with Crippen LogP contribution in [0.2, 0.25) is 5.02 Å². The molecule has 1 aromatic heterocycles. The van der Waals surface area contributed by atoms with Gasteiger partial charge in [-0.2, -0.15) is 0 Å². The molecule has 0 saturated heterocycles. The normalized spacial score (nSPS) is 10.0. The zero-order chi connectivity index (χ0) is 12.1. The molecule has 1 aromatic carbocycles. The van der Waals surface area contributed by atoms with Gasteiger partial charge >= 0.3 is 0 Å². The molecule has 3 nitrogen and oxygen atoms in total. The van der Waals surface area contributed by atoms with E-state index in [1.807, 2.05) is 36.4 Å². The van der Waals surface area contributed by atoms with E-state index in [9.17, 15) is 0 Å². The van der Waals surface area contributed by atoms with Crippen molar-refractivity contribution in [2.24, 2.45) is 0 Å². The zero-order valence-corrected chi connectivity index (χ0v) is 10.2. The molecule has 0 aliphatic heterocycles. The molecule has 0 radical (unpaired) electrons. The van der Waals surface area contributed by atoms with Crippen molar-refractivity contribution in [1.29, 1.82) is 0 Å². The Morgan fingerprint density at radius 2 is 2.18 bits per heavy atom. The van der Waals surface area contributed by atoms with Gasteiger partial charge in [-0.25, -0.2) is 4.98 Å². The van der Waals surface area contributed by atoms with Crippen molar-refractivity contribution in [1.82, 2.24) is 4.98 Å². The van der Waals surface area contributed by atoms with E-state index in [-0.39, 0.29) is 0 Å². The summed E-state index contributed by atoms with van der Waals surface area (Å²) in [6.07, 6.45) is 1.71. The van der Waals surface area contributed by atoms with Crippen molar-refractivity contribution in [3.63, 3.8) is 0 Å². The fourth-order valence-electron chi connectivity index (χ4n) is 1.54. The van der Waals surface area contributed by atoms with Crippen LogP contribution in [0.3, 0.4) is 0 Å². The molecule has 0 bridgehead atoms. The lowest BCUT2D eigenvalue weighted by Crippen LogP contribution is -2.02. The number of rotatable bonds is 4. The maximum atomic E-state index is 5.91. The zero-order valence-electron chi connectivity index (χ0n) is 9.48. The van der Waals surface area contributed by atoms with E-state index in [1.54, 1.807) is 13.3 Å². The predicted molar refractivity (Wildman–Crippen MR) is 69.6 cm³/mol. The van der Waals surface area contributed by atoms with Crippen LogP contribution in [-0.4, -0.2) is 12.1 Å². The van der Waals surface area contributed by atoms with Crippen LogP contribution in [0.5, 0.6) is 5.88 Å². The minimum atomic E-state index is 0.641. The summed E-state index contributed by atoms with van der Waals surface area (Å²) in [6.45, 7) is 0.650. The van der Waals surface area contributed by atoms with Crippen molar-refractivity contribution in [2.75, 3.05) is 12.4 Å². The molecule has 0 atom stereocenters. The highest BCUT2D eigenvalue weighted by Gasteiger charge is 2.02. The van der Waals surface area contributed by atoms with Gasteiger partial charge in [0.1, 0.15) is 0 Å². The minimum Gasteiger partial charge on any atom is -0.481 e. The molecule has 2 aromatic rings. The molecule has 2 rings (SSSR count). The number of aromatic nitrogens is 1. The first-order valence-corrected chi connectivity index (χ1v) is 5.64. The number of halogens is 1. The molecule has 0 unspecified atom stereocenters. The van der Waals surface area contributed by atoms with Crippen molar-refractivity contribution in [3.05, 3.63) is 53.2 Å². The average molecular weight is 249 g/mol. The number of ether oxygens (including phenoxy) is 1. The summed E-state index contributed by atoms with van der Waals surface area (Å²) in [5.41, 5.74) is 1.98. The SMILES string of the molecule is COc1ncccc1CNc1cccc(Cl)c1. The van der Waals surface area contributed by atoms with E-state index in [0.29, 0.717) is 17.4 Å². The third-order valence-electron chi connectivity index (χ3n) is 2.35. The predicted octanol–water partition coefficient (Wildman–Crippen LogP) is 3.36. The molecule has 0 saturated carbocycles. The highest BCUT2D eigenvalue weighted by atomic mass is 35.5. The van der Waals surface area contributed by atoms with Gasteiger partial charge in [0.05, 0.1) is 7.11 Å². The molecule has 0 fully saturated rings. The molecule has 1 N–H and O–H groups in total. The van der Waals surface area contributed by atoms with Crippen molar-refractivity contribution >= 4 is 17.3 Å². The Labute approximate surface area is 105 Å². The molecule has 0 spiro atoms. The molecule has 17 heavy (non-hydrogen) atoms. The first-order valence-electron chi connectivity index (χ1n) is 5.27. The maximum absolute atomic E-state index is 5.91. The topological polar surface area (TPSA) is 34.1 Å². The van der Waals surface area contributed by atoms with Crippen LogP contribution in [0.15, 0.2) is 42.6 Å². The van der Waals surface area contributed by atoms with Crippen LogP contribution in [0, 0.1) is 0 Å². The largest absolute Gasteiger partial charge is 0.481 e. The Morgan fingerprint density at radius 3 is 2.94 bits per heavy atom. The van der Waals surface area contributed by atoms with Crippen molar-refractivity contribution in [3.8, 4) is 5.88 Å². The number of nitrogens with one attached hydrogen (secondary N) is 1. The highest BCUT2D eigenvalue weighted by molar-refractivity contribution is 6.30. The standard InChI is InChI=1S/C13H13ClN2O/c1-17-13-10(4-3-7-15-13)9-16-12-6-2-5-11(14)8-12/h2-8,16H,9H2,1H3. The third-order valence-corrected chi connectivity index (χ3v) is 2.59. The van der Waals surface area contributed by atoms with Crippen LogP contribution >= 0.6 is 11.6 Å². The Bertz CT molecular complexity index is 502. The van der Waals surface area contributed by atoms with Gasteiger partial charge in [-0.15, -0.1) is 0 Å². The average Bonchev–Trinajstić information content (AvgIpc) is 2.37. The summed E-state index contributed by atoms with van der Waals surface area (Å²) in [5, 5.41) is 3.99. The Hall–Kier alpha value is -1.74. The second-order valence-electron chi connectivity index (χ2n) is 3.54. The van der Waals surface area contributed by atoms with E-state index in [0.717, 1.165) is 11.3 Å². The minimum absolute atomic E-state index is 0.641. The summed E-state index contributed by atoms with van der Waals surface area (Å²) in [5.74, 6) is 0.641. The van der Waals surface area contributed by atoms with Gasteiger partial charge in [0.25, 0.3) is 0 Å². The fraction of sp³-hybridized carbons (Fsp3) is 0.154. The van der Waals surface area contributed by atoms with Crippen molar-refractivity contribution in [2.45, 2.75) is 6.54 Å². The molecule has 0 aliphatic rings. The highest BCUT2D eigenvalue weighted by Crippen LogP contribution is 2.18. The third kappa shape index (κ3) is 3.11. The number of benzene rings is 1. The number of hydrogen-bond donors (Lipinski definition) is 1. The number of methoxy groups -OCH3 is 1. The van der Waals surface area contributed by atoms with Gasteiger partial charge in [-0.1, -0.05) is 23.7 Å². The number of pyridine rings is 1. The van der Waals surface area contributed by atoms with Crippen LogP contribution in [0.1, 0.15) is 5.56 Å². The maximum Gasteiger partial charge on any atom is 0.218 e. The lowest BCUT2D eigenvalue weighted by molar-refractivity contribution is 0.393. The van der Waals surface area contributed by atoms with Crippen LogP contribution in [-0.2, 0) is 6.54 Å². The lowest BCUT2D eigenvalue weighted by atomic mass is 10.2. The Morgan fingerprint density at radius 1 is 1.29 bits per heavy atom. The van der Waals surface area contributed by atoms with Crippen LogP contribution in [0.25, 0.3) is 0 Å². The van der Waals surface area contributed by atoms with Gasteiger partial charge in [0.2, 0.25) is 5.88 Å². The van der Waals surface area contributed by atoms with E-state index < -0.39 is 0 Å². The second-order valence-corrected chi connectivity index (χ2v) is 3.97. The van der Waals surface area contributed by atoms with Crippen LogP contribution < -0.4 is 10.1 Å². The molecule has 88 valence electrons. The molecule has 4 heteroatoms. The van der Waals surface area contributed by atoms with Gasteiger partial charge in [0, 0.05) is 29.0 Å². The van der Waals surface area contributed by atoms with E-state index in [1.165, 1.54) is 0 Å². The second kappa shape index (κ2) is 5.55. The molecule has 0 amide bonds. The molecule has 1 heterocycles. The monoisotopic (exact) mass is 248 g/mol. The summed E-state index contributed by atoms with van der Waals surface area (Å²) in [6, 6.07) is 11.5. The first-order chi connectivity index (χ1) is 8.29. The number of anilines is 1. The van der Waals surface area contributed by atoms with Crippen LogP contribution in [0.4, 0.5) is 5.69 Å². The van der Waals surface area contributed by atoms with E-state index in [4.69, 9.17) is 16.3 Å². The number of hydrogen-bond acceptors (Lipinski definition) is 3. The molecule has 0 aliphatic carbocycles. The van der Waals surface area contributed by atoms with Gasteiger partial charge in [0.15, 0.2) is 0 Å². The Kier molecular flexibility index (Phi) is 3.83. The van der Waals surface area contributed by atoms with Gasteiger partial charge in [-0.05, 0) is 24.3 Å². The molecular formula is C13H13ClN2O. The smallest absolute Gasteiger partial charge is 0.218 e. The van der Waals surface area contributed by atoms with E-state index in [2.05, 4.69) is 10.3 Å². The Balaban J connectivity index is 2.07. The van der Waals surface area contributed by atoms with Gasteiger partial charge < -0.3 is 10.1 Å². The summed E-state index contributed by atoms with van der Waals surface area (Å²) in [4.78, 5) is 4.14. The fourth-order valence-corrected chi connectivity index (χ4v) is 1.73. The summed E-state index contributed by atoms with van der Waals surface area (Å²) >= 11 is 5.91. The van der Waals surface area contributed by atoms with Gasteiger partial charge in [-0.3, -0.25) is 0 Å². The number of nitrogens with zero attached hydrogens (tertiary/aromatic N) is 1. The summed E-state index contributed by atoms with van der Waals surface area (Å²) in [7, 11) is 1.62. The van der Waals surface area contributed by atoms with E-state index >= 15 is 0 Å². The summed E-state index contributed by atoms with van der Waals surface area (Å²) < 4.78 is 5.18. The molecular weight excluding hydrogens is 236 g/mol. The quantitative estimate of drug-likeness (QED) is 0.901. The lowest BCUT2D eigenvalue weighted by Gasteiger charge is -2.09. The first kappa shape index (κ1) is 11.7. The van der Waals surface area contributed by atoms with Crippen molar-refractivity contribution < 1.29 is 4.74 Å².